The molecule has 2 unspecified atom stereocenters. The number of carbonyl (C=O) groups excluding carboxylic acids is 2. The standard InChI is InChI=1S/C73H133NO8/c1-6-8-10-12-14-16-18-20-22-24-26-28-29-30-31-32-33-34-35-36-37-38-39-40-41-42-44-45-47-49-51-53-55-57-59-61-63-70(75)80-67-69(68-81-73(72(77)78)79-66-65-74(3,4)5)82-71(76)64-62-60-58-56-54-52-50-48-46-43-27-25-23-21-19-17-15-13-11-9-7-2/h9,11,15,17,21,23,27,43,48,50,69,73H,6-8,10,12-14,16,18-20,22,24-26,28-42,44-47,49,51-68H2,1-5H3/p+1/b11-9-,17-15-,23-21-,43-27-,50-48-. The predicted molar refractivity (Wildman–Crippen MR) is 350 cm³/mol. The molecule has 0 saturated heterocycles. The molecule has 0 aromatic rings. The second-order valence-corrected chi connectivity index (χ2v) is 24.8. The van der Waals surface area contributed by atoms with E-state index in [-0.39, 0.29) is 32.2 Å². The Balaban J connectivity index is 4.02. The fourth-order valence-corrected chi connectivity index (χ4v) is 10.2. The number of hydrogen-bond acceptors (Lipinski definition) is 7. The van der Waals surface area contributed by atoms with Crippen LogP contribution in [0.5, 0.6) is 0 Å². The Morgan fingerprint density at radius 1 is 0.378 bits per heavy atom. The zero-order chi connectivity index (χ0) is 59.8. The molecule has 0 aliphatic carbocycles. The monoisotopic (exact) mass is 1150 g/mol. The van der Waals surface area contributed by atoms with Crippen molar-refractivity contribution in [3.63, 3.8) is 0 Å². The van der Waals surface area contributed by atoms with E-state index in [0.717, 1.165) is 83.5 Å². The van der Waals surface area contributed by atoms with Crippen LogP contribution in [0.4, 0.5) is 0 Å². The second-order valence-electron chi connectivity index (χ2n) is 24.8. The third-order valence-corrected chi connectivity index (χ3v) is 15.5. The molecule has 9 nitrogen and oxygen atoms in total. The summed E-state index contributed by atoms with van der Waals surface area (Å²) in [6.07, 6.45) is 80.7. The van der Waals surface area contributed by atoms with Crippen molar-refractivity contribution in [1.29, 1.82) is 0 Å². The van der Waals surface area contributed by atoms with Crippen LogP contribution in [0.1, 0.15) is 328 Å². The highest BCUT2D eigenvalue weighted by Gasteiger charge is 2.25. The minimum atomic E-state index is -1.52. The molecule has 82 heavy (non-hydrogen) atoms. The molecule has 0 amide bonds. The van der Waals surface area contributed by atoms with Gasteiger partial charge in [0.25, 0.3) is 6.29 Å². The lowest BCUT2D eigenvalue weighted by molar-refractivity contribution is -0.870. The summed E-state index contributed by atoms with van der Waals surface area (Å²) in [6.45, 7) is 4.78. The highest BCUT2D eigenvalue weighted by atomic mass is 16.7. The third kappa shape index (κ3) is 64.5. The zero-order valence-corrected chi connectivity index (χ0v) is 54.7. The van der Waals surface area contributed by atoms with Crippen molar-refractivity contribution in [2.45, 2.75) is 341 Å². The first-order valence-electron chi connectivity index (χ1n) is 35.0. The number of carboxylic acids is 1. The Kier molecular flexibility index (Phi) is 61.6. The van der Waals surface area contributed by atoms with Gasteiger partial charge in [-0.25, -0.2) is 4.79 Å². The first-order chi connectivity index (χ1) is 40.1. The summed E-state index contributed by atoms with van der Waals surface area (Å²) in [4.78, 5) is 37.6. The Morgan fingerprint density at radius 2 is 0.695 bits per heavy atom. The Bertz CT molecular complexity index is 1530. The molecular formula is C73H134NO8+. The van der Waals surface area contributed by atoms with E-state index in [0.29, 0.717) is 23.9 Å². The minimum Gasteiger partial charge on any atom is -0.477 e. The number of rotatable bonds is 65. The van der Waals surface area contributed by atoms with E-state index in [1.54, 1.807) is 0 Å². The second kappa shape index (κ2) is 64.0. The van der Waals surface area contributed by atoms with Crippen molar-refractivity contribution in [3.05, 3.63) is 60.8 Å². The fourth-order valence-electron chi connectivity index (χ4n) is 10.2. The number of ether oxygens (including phenoxy) is 4. The molecule has 0 saturated carbocycles. The van der Waals surface area contributed by atoms with Crippen LogP contribution in [0.3, 0.4) is 0 Å². The highest BCUT2D eigenvalue weighted by Crippen LogP contribution is 2.19. The van der Waals surface area contributed by atoms with Crippen LogP contribution < -0.4 is 0 Å². The van der Waals surface area contributed by atoms with Gasteiger partial charge in [-0.2, -0.15) is 0 Å². The van der Waals surface area contributed by atoms with E-state index >= 15 is 0 Å². The molecule has 0 rings (SSSR count). The van der Waals surface area contributed by atoms with Gasteiger partial charge in [-0.3, -0.25) is 9.59 Å². The van der Waals surface area contributed by atoms with Gasteiger partial charge in [0.05, 0.1) is 34.4 Å². The van der Waals surface area contributed by atoms with Crippen molar-refractivity contribution in [1.82, 2.24) is 0 Å². The molecule has 0 radical (unpaired) electrons. The fraction of sp³-hybridized carbons (Fsp3) is 0.822. The smallest absolute Gasteiger partial charge is 0.361 e. The van der Waals surface area contributed by atoms with Gasteiger partial charge in [-0.05, 0) is 57.8 Å². The Labute approximate surface area is 507 Å². The average molecular weight is 1150 g/mol. The molecule has 9 heteroatoms. The van der Waals surface area contributed by atoms with Crippen molar-refractivity contribution in [2.24, 2.45) is 0 Å². The van der Waals surface area contributed by atoms with Crippen molar-refractivity contribution in [3.8, 4) is 0 Å². The maximum Gasteiger partial charge on any atom is 0.361 e. The normalized spacial score (nSPS) is 13.0. The van der Waals surface area contributed by atoms with Crippen LogP contribution in [-0.4, -0.2) is 87.4 Å². The van der Waals surface area contributed by atoms with E-state index < -0.39 is 24.3 Å². The summed E-state index contributed by atoms with van der Waals surface area (Å²) < 4.78 is 22.9. The molecule has 0 aliphatic rings. The molecule has 2 atom stereocenters. The molecule has 0 aromatic carbocycles. The lowest BCUT2D eigenvalue weighted by atomic mass is 10.0. The molecule has 0 spiro atoms. The molecule has 1 N–H and O–H groups in total. The number of hydrogen-bond donors (Lipinski definition) is 1. The van der Waals surface area contributed by atoms with Crippen LogP contribution in [-0.2, 0) is 33.3 Å². The number of aliphatic carboxylic acids is 1. The van der Waals surface area contributed by atoms with Crippen LogP contribution >= 0.6 is 0 Å². The van der Waals surface area contributed by atoms with Gasteiger partial charge in [0.1, 0.15) is 13.2 Å². The van der Waals surface area contributed by atoms with Gasteiger partial charge >= 0.3 is 17.9 Å². The van der Waals surface area contributed by atoms with E-state index in [2.05, 4.69) is 74.6 Å². The third-order valence-electron chi connectivity index (χ3n) is 15.5. The summed E-state index contributed by atoms with van der Waals surface area (Å²) in [5, 5.41) is 9.73. The molecule has 0 fully saturated rings. The van der Waals surface area contributed by atoms with Gasteiger partial charge in [-0.1, -0.05) is 319 Å². The maximum absolute atomic E-state index is 12.9. The molecule has 478 valence electrons. The van der Waals surface area contributed by atoms with Crippen molar-refractivity contribution >= 4 is 17.9 Å². The number of esters is 2. The summed E-state index contributed by atoms with van der Waals surface area (Å²) in [5.74, 6) is -2.02. The topological polar surface area (TPSA) is 108 Å². The summed E-state index contributed by atoms with van der Waals surface area (Å²) >= 11 is 0. The minimum absolute atomic E-state index is 0.183. The van der Waals surface area contributed by atoms with E-state index in [4.69, 9.17) is 18.9 Å². The number of allylic oxidation sites excluding steroid dienone is 10. The summed E-state index contributed by atoms with van der Waals surface area (Å²) in [5.41, 5.74) is 0. The lowest BCUT2D eigenvalue weighted by Crippen LogP contribution is -2.40. The molecule has 0 heterocycles. The van der Waals surface area contributed by atoms with Gasteiger partial charge in [-0.15, -0.1) is 0 Å². The Hall–Kier alpha value is -3.01. The molecular weight excluding hydrogens is 1020 g/mol. The van der Waals surface area contributed by atoms with Crippen molar-refractivity contribution in [2.75, 3.05) is 47.5 Å². The Morgan fingerprint density at radius 3 is 1.04 bits per heavy atom. The maximum atomic E-state index is 12.9. The lowest BCUT2D eigenvalue weighted by Gasteiger charge is -2.25. The number of carbonyl (C=O) groups is 3. The summed E-state index contributed by atoms with van der Waals surface area (Å²) in [6, 6.07) is 0. The molecule has 0 aromatic heterocycles. The molecule has 0 aliphatic heterocycles. The number of likely N-dealkylation sites (N-methyl/N-ethyl adjacent to an activating group) is 1. The number of quaternary nitrogens is 1. The summed E-state index contributed by atoms with van der Waals surface area (Å²) in [7, 11) is 5.97. The van der Waals surface area contributed by atoms with Crippen molar-refractivity contribution < 1.29 is 42.9 Å². The average Bonchev–Trinajstić information content (AvgIpc) is 3.47. The first kappa shape index (κ1) is 79.0. The van der Waals surface area contributed by atoms with Gasteiger partial charge in [0, 0.05) is 12.8 Å². The highest BCUT2D eigenvalue weighted by molar-refractivity contribution is 5.71. The van der Waals surface area contributed by atoms with Gasteiger partial charge < -0.3 is 28.5 Å². The number of nitrogens with zero attached hydrogens (tertiary/aromatic N) is 1. The quantitative estimate of drug-likeness (QED) is 0.0211. The van der Waals surface area contributed by atoms with Crippen LogP contribution in [0, 0.1) is 0 Å². The molecule has 0 bridgehead atoms. The number of carboxylic acid groups (broad SMARTS) is 1. The first-order valence-corrected chi connectivity index (χ1v) is 35.0. The van der Waals surface area contributed by atoms with E-state index in [1.807, 2.05) is 21.1 Å². The van der Waals surface area contributed by atoms with Crippen LogP contribution in [0.15, 0.2) is 60.8 Å². The predicted octanol–water partition coefficient (Wildman–Crippen LogP) is 21.5. The van der Waals surface area contributed by atoms with Crippen LogP contribution in [0.25, 0.3) is 0 Å². The van der Waals surface area contributed by atoms with E-state index in [9.17, 15) is 19.5 Å². The zero-order valence-electron chi connectivity index (χ0n) is 54.7. The number of unbranched alkanes of at least 4 members (excludes halogenated alkanes) is 40. The largest absolute Gasteiger partial charge is 0.477 e. The SMILES string of the molecule is CC/C=C\C/C=C\C/C=C\C/C=C\C/C=C\CCCCCCCC(=O)OC(COC(=O)CCCCCCCCCCCCCCCCCCCCCCCCCCCCCCCCCCCCCC)COC(OCC[N+](C)(C)C)C(=O)O. The van der Waals surface area contributed by atoms with Gasteiger partial charge in [0.2, 0.25) is 0 Å². The van der Waals surface area contributed by atoms with Gasteiger partial charge in [0.15, 0.2) is 6.10 Å². The van der Waals surface area contributed by atoms with E-state index in [1.165, 1.54) is 212 Å². The van der Waals surface area contributed by atoms with Crippen LogP contribution in [0.2, 0.25) is 0 Å².